The monoisotopic (exact) mass is 279 g/mol. The van der Waals surface area contributed by atoms with E-state index in [1.54, 1.807) is 7.11 Å². The lowest BCUT2D eigenvalue weighted by Crippen LogP contribution is -2.43. The lowest BCUT2D eigenvalue weighted by atomic mass is 10.0. The van der Waals surface area contributed by atoms with E-state index in [2.05, 4.69) is 12.0 Å². The molecule has 0 spiro atoms. The van der Waals surface area contributed by atoms with Gasteiger partial charge in [-0.05, 0) is 32.3 Å². The van der Waals surface area contributed by atoms with E-state index >= 15 is 0 Å². The third-order valence-corrected chi connectivity index (χ3v) is 3.66. The van der Waals surface area contributed by atoms with Gasteiger partial charge >= 0.3 is 0 Å². The Kier molecular flexibility index (Phi) is 4.89. The van der Waals surface area contributed by atoms with Gasteiger partial charge in [0.15, 0.2) is 0 Å². The molecule has 2 heterocycles. The van der Waals surface area contributed by atoms with Crippen molar-refractivity contribution >= 4 is 5.91 Å². The summed E-state index contributed by atoms with van der Waals surface area (Å²) in [6.45, 7) is 3.56. The van der Waals surface area contributed by atoms with Crippen LogP contribution in [0.2, 0.25) is 0 Å². The summed E-state index contributed by atoms with van der Waals surface area (Å²) in [5.74, 6) is -0.0941. The molecule has 20 heavy (non-hydrogen) atoms. The predicted molar refractivity (Wildman–Crippen MR) is 74.7 cm³/mol. The van der Waals surface area contributed by atoms with Crippen LogP contribution in [0, 0.1) is 0 Å². The summed E-state index contributed by atoms with van der Waals surface area (Å²) >= 11 is 0. The first-order valence-corrected chi connectivity index (χ1v) is 7.01. The summed E-state index contributed by atoms with van der Waals surface area (Å²) in [6, 6.07) is 3.14. The number of rotatable bonds is 4. The van der Waals surface area contributed by atoms with Crippen LogP contribution >= 0.6 is 0 Å². The smallest absolute Gasteiger partial charge is 0.274 e. The second-order valence-corrected chi connectivity index (χ2v) is 5.12. The van der Waals surface area contributed by atoms with Crippen molar-refractivity contribution in [3.63, 3.8) is 0 Å². The Bertz CT molecular complexity index is 527. The average Bonchev–Trinajstić information content (AvgIpc) is 2.46. The van der Waals surface area contributed by atoms with Crippen LogP contribution in [0.3, 0.4) is 0 Å². The molecule has 6 nitrogen and oxygen atoms in total. The molecular formula is C14H21N3O3. The Morgan fingerprint density at radius 2 is 2.25 bits per heavy atom. The quantitative estimate of drug-likeness (QED) is 0.821. The number of carbonyl (C=O) groups excluding carboxylic acids is 1. The highest BCUT2D eigenvalue weighted by Gasteiger charge is 2.25. The maximum absolute atomic E-state index is 12.5. The second-order valence-electron chi connectivity index (χ2n) is 5.12. The number of amides is 1. The number of carbonyl (C=O) groups is 1. The van der Waals surface area contributed by atoms with Crippen molar-refractivity contribution in [2.24, 2.45) is 0 Å². The van der Waals surface area contributed by atoms with Crippen molar-refractivity contribution in [2.45, 2.75) is 38.8 Å². The summed E-state index contributed by atoms with van der Waals surface area (Å²) in [5.41, 5.74) is 0.111. The van der Waals surface area contributed by atoms with E-state index in [0.717, 1.165) is 25.8 Å². The molecule has 0 aliphatic carbocycles. The molecule has 1 saturated heterocycles. The second kappa shape index (κ2) is 6.65. The molecular weight excluding hydrogens is 258 g/mol. The number of piperidine rings is 1. The van der Waals surface area contributed by atoms with Crippen LogP contribution in [-0.2, 0) is 11.3 Å². The largest absolute Gasteiger partial charge is 0.383 e. The van der Waals surface area contributed by atoms with Gasteiger partial charge in [-0.2, -0.15) is 5.10 Å². The Hall–Kier alpha value is -1.69. The molecule has 0 radical (unpaired) electrons. The molecule has 6 heteroatoms. The van der Waals surface area contributed by atoms with Gasteiger partial charge < -0.3 is 9.64 Å². The van der Waals surface area contributed by atoms with Crippen LogP contribution < -0.4 is 5.56 Å². The number of hydrogen-bond acceptors (Lipinski definition) is 4. The Balaban J connectivity index is 2.19. The molecule has 1 aromatic rings. The summed E-state index contributed by atoms with van der Waals surface area (Å²) in [4.78, 5) is 26.0. The van der Waals surface area contributed by atoms with E-state index in [1.807, 2.05) is 4.90 Å². The first kappa shape index (κ1) is 14.7. The number of ether oxygens (including phenoxy) is 1. The molecule has 110 valence electrons. The van der Waals surface area contributed by atoms with Gasteiger partial charge in [-0.15, -0.1) is 0 Å². The van der Waals surface area contributed by atoms with Crippen molar-refractivity contribution < 1.29 is 9.53 Å². The SMILES string of the molecule is COCCn1nc(C(=O)N2CCCC[C@H]2C)ccc1=O. The molecule has 0 unspecified atom stereocenters. The fraction of sp³-hybridized carbons (Fsp3) is 0.643. The van der Waals surface area contributed by atoms with Gasteiger partial charge in [0.2, 0.25) is 0 Å². The van der Waals surface area contributed by atoms with Crippen molar-refractivity contribution in [1.82, 2.24) is 14.7 Å². The maximum atomic E-state index is 12.5. The van der Waals surface area contributed by atoms with Gasteiger partial charge in [-0.1, -0.05) is 0 Å². The minimum Gasteiger partial charge on any atom is -0.383 e. The Morgan fingerprint density at radius 3 is 2.95 bits per heavy atom. The van der Waals surface area contributed by atoms with Gasteiger partial charge in [-0.25, -0.2) is 4.68 Å². The topological polar surface area (TPSA) is 64.4 Å². The molecule has 0 aromatic carbocycles. The van der Waals surface area contributed by atoms with Crippen LogP contribution in [0.4, 0.5) is 0 Å². The third kappa shape index (κ3) is 3.25. The highest BCUT2D eigenvalue weighted by atomic mass is 16.5. The molecule has 1 atom stereocenters. The average molecular weight is 279 g/mol. The molecule has 1 aliphatic rings. The fourth-order valence-electron chi connectivity index (χ4n) is 2.45. The maximum Gasteiger partial charge on any atom is 0.274 e. The van der Waals surface area contributed by atoms with Crippen molar-refractivity contribution in [3.05, 3.63) is 28.2 Å². The van der Waals surface area contributed by atoms with Gasteiger partial charge in [0, 0.05) is 25.8 Å². The number of methoxy groups -OCH3 is 1. The third-order valence-electron chi connectivity index (χ3n) is 3.66. The molecule has 2 rings (SSSR count). The van der Waals surface area contributed by atoms with Crippen LogP contribution in [0.1, 0.15) is 36.7 Å². The van der Waals surface area contributed by atoms with Crippen molar-refractivity contribution in [3.8, 4) is 0 Å². The molecule has 1 amide bonds. The highest BCUT2D eigenvalue weighted by molar-refractivity contribution is 5.92. The fourth-order valence-corrected chi connectivity index (χ4v) is 2.45. The van der Waals surface area contributed by atoms with Crippen LogP contribution in [0.15, 0.2) is 16.9 Å². The van der Waals surface area contributed by atoms with Gasteiger partial charge in [0.05, 0.1) is 13.2 Å². The van der Waals surface area contributed by atoms with Crippen LogP contribution in [0.25, 0.3) is 0 Å². The van der Waals surface area contributed by atoms with E-state index in [4.69, 9.17) is 4.74 Å². The molecule has 1 aromatic heterocycles. The van der Waals surface area contributed by atoms with Gasteiger partial charge in [-0.3, -0.25) is 9.59 Å². The predicted octanol–water partition coefficient (Wildman–Crippen LogP) is 0.904. The summed E-state index contributed by atoms with van der Waals surface area (Å²) in [6.07, 6.45) is 3.21. The number of hydrogen-bond donors (Lipinski definition) is 0. The standard InChI is InChI=1S/C14H21N3O3/c1-11-5-3-4-8-16(11)14(19)12-6-7-13(18)17(15-12)9-10-20-2/h6-7,11H,3-5,8-10H2,1-2H3/t11-/m1/s1. The zero-order valence-corrected chi connectivity index (χ0v) is 12.0. The Labute approximate surface area is 118 Å². The normalized spacial score (nSPS) is 19.1. The van der Waals surface area contributed by atoms with Crippen molar-refractivity contribution in [1.29, 1.82) is 0 Å². The first-order valence-electron chi connectivity index (χ1n) is 7.01. The number of likely N-dealkylation sites (tertiary alicyclic amines) is 1. The zero-order chi connectivity index (χ0) is 14.5. The lowest BCUT2D eigenvalue weighted by Gasteiger charge is -2.33. The number of aromatic nitrogens is 2. The summed E-state index contributed by atoms with van der Waals surface area (Å²) < 4.78 is 6.22. The molecule has 0 saturated carbocycles. The zero-order valence-electron chi connectivity index (χ0n) is 12.0. The van der Waals surface area contributed by atoms with E-state index in [0.29, 0.717) is 18.8 Å². The molecule has 1 aliphatic heterocycles. The van der Waals surface area contributed by atoms with E-state index in [1.165, 1.54) is 16.8 Å². The lowest BCUT2D eigenvalue weighted by molar-refractivity contribution is 0.0625. The molecule has 1 fully saturated rings. The van der Waals surface area contributed by atoms with E-state index in [9.17, 15) is 9.59 Å². The van der Waals surface area contributed by atoms with E-state index < -0.39 is 0 Å². The first-order chi connectivity index (χ1) is 9.63. The van der Waals surface area contributed by atoms with Crippen LogP contribution in [0.5, 0.6) is 0 Å². The van der Waals surface area contributed by atoms with Crippen molar-refractivity contribution in [2.75, 3.05) is 20.3 Å². The van der Waals surface area contributed by atoms with E-state index in [-0.39, 0.29) is 17.5 Å². The Morgan fingerprint density at radius 1 is 1.45 bits per heavy atom. The summed E-state index contributed by atoms with van der Waals surface area (Å²) in [5, 5.41) is 4.15. The van der Waals surface area contributed by atoms with Crippen LogP contribution in [-0.4, -0.2) is 46.9 Å². The molecule has 0 N–H and O–H groups in total. The number of nitrogens with zero attached hydrogens (tertiary/aromatic N) is 3. The summed E-state index contributed by atoms with van der Waals surface area (Å²) in [7, 11) is 1.56. The minimum absolute atomic E-state index is 0.0941. The highest BCUT2D eigenvalue weighted by Crippen LogP contribution is 2.18. The minimum atomic E-state index is -0.217. The van der Waals surface area contributed by atoms with Gasteiger partial charge in [0.25, 0.3) is 11.5 Å². The molecule has 0 bridgehead atoms. The van der Waals surface area contributed by atoms with Gasteiger partial charge in [0.1, 0.15) is 5.69 Å².